The van der Waals surface area contributed by atoms with Crippen LogP contribution in [-0.2, 0) is 0 Å². The first-order valence-electron chi connectivity index (χ1n) is 7.68. The third-order valence-electron chi connectivity index (χ3n) is 4.13. The smallest absolute Gasteiger partial charge is 0.260 e. The topological polar surface area (TPSA) is 85.6 Å². The molecular weight excluding hydrogens is 311 g/mol. The molecule has 0 saturated heterocycles. The largest absolute Gasteiger partial charge is 0.297 e. The summed E-state index contributed by atoms with van der Waals surface area (Å²) in [7, 11) is 0. The maximum absolute atomic E-state index is 13.9. The molecule has 1 amide bonds. The van der Waals surface area contributed by atoms with Gasteiger partial charge in [-0.15, -0.1) is 10.2 Å². The molecule has 122 valence electrons. The van der Waals surface area contributed by atoms with Gasteiger partial charge in [0.25, 0.3) is 5.91 Å². The fourth-order valence-corrected chi connectivity index (χ4v) is 2.59. The van der Waals surface area contributed by atoms with Crippen molar-refractivity contribution in [3.8, 4) is 0 Å². The van der Waals surface area contributed by atoms with Crippen LogP contribution in [0.5, 0.6) is 0 Å². The van der Waals surface area contributed by atoms with Crippen molar-refractivity contribution in [1.29, 1.82) is 0 Å². The fourth-order valence-electron chi connectivity index (χ4n) is 2.59. The zero-order chi connectivity index (χ0) is 16.8. The number of amides is 1. The summed E-state index contributed by atoms with van der Waals surface area (Å²) in [6.45, 7) is 3.60. The minimum absolute atomic E-state index is 0.131. The predicted molar refractivity (Wildman–Crippen MR) is 85.2 cm³/mol. The van der Waals surface area contributed by atoms with Gasteiger partial charge in [-0.25, -0.2) is 14.4 Å². The van der Waals surface area contributed by atoms with Crippen LogP contribution in [0, 0.1) is 19.7 Å². The summed E-state index contributed by atoms with van der Waals surface area (Å²) in [4.78, 5) is 21.4. The lowest BCUT2D eigenvalue weighted by atomic mass is 10.1. The Morgan fingerprint density at radius 1 is 1.25 bits per heavy atom. The van der Waals surface area contributed by atoms with Gasteiger partial charge >= 0.3 is 0 Å². The highest BCUT2D eigenvalue weighted by molar-refractivity contribution is 6.10. The van der Waals surface area contributed by atoms with E-state index in [1.54, 1.807) is 20.2 Å². The molecular formula is C16H15FN6O. The first-order chi connectivity index (χ1) is 11.5. The van der Waals surface area contributed by atoms with Gasteiger partial charge in [-0.1, -0.05) is 0 Å². The number of benzene rings is 1. The van der Waals surface area contributed by atoms with Crippen LogP contribution in [0.25, 0.3) is 11.0 Å². The highest BCUT2D eigenvalue weighted by Crippen LogP contribution is 2.36. The maximum atomic E-state index is 13.9. The zero-order valence-electron chi connectivity index (χ0n) is 13.2. The molecule has 4 rings (SSSR count). The van der Waals surface area contributed by atoms with Crippen molar-refractivity contribution in [2.24, 2.45) is 0 Å². The van der Waals surface area contributed by atoms with Crippen molar-refractivity contribution in [1.82, 2.24) is 24.7 Å². The van der Waals surface area contributed by atoms with Gasteiger partial charge in [0.1, 0.15) is 17.7 Å². The molecule has 0 spiro atoms. The van der Waals surface area contributed by atoms with Crippen LogP contribution >= 0.6 is 0 Å². The van der Waals surface area contributed by atoms with Crippen molar-refractivity contribution in [3.05, 3.63) is 41.2 Å². The van der Waals surface area contributed by atoms with E-state index in [4.69, 9.17) is 0 Å². The number of rotatable bonds is 3. The molecule has 1 fully saturated rings. The number of halogens is 1. The molecule has 2 aromatic heterocycles. The van der Waals surface area contributed by atoms with Crippen LogP contribution < -0.4 is 5.32 Å². The van der Waals surface area contributed by atoms with Crippen LogP contribution in [-0.4, -0.2) is 30.6 Å². The third kappa shape index (κ3) is 2.49. The zero-order valence-corrected chi connectivity index (χ0v) is 13.2. The number of carbonyl (C=O) groups is 1. The first kappa shape index (κ1) is 14.7. The molecule has 1 saturated carbocycles. The molecule has 24 heavy (non-hydrogen) atoms. The van der Waals surface area contributed by atoms with Crippen molar-refractivity contribution in [2.75, 3.05) is 5.32 Å². The number of anilines is 1. The highest BCUT2D eigenvalue weighted by atomic mass is 19.1. The quantitative estimate of drug-likeness (QED) is 0.799. The molecule has 0 bridgehead atoms. The summed E-state index contributed by atoms with van der Waals surface area (Å²) in [5.41, 5.74) is 2.25. The Hall–Kier alpha value is -2.90. The summed E-state index contributed by atoms with van der Waals surface area (Å²) < 4.78 is 15.7. The first-order valence-corrected chi connectivity index (χ1v) is 7.68. The highest BCUT2D eigenvalue weighted by Gasteiger charge is 2.27. The molecule has 0 atom stereocenters. The number of aromatic nitrogens is 5. The second-order valence-electron chi connectivity index (χ2n) is 5.96. The Morgan fingerprint density at radius 2 is 2.00 bits per heavy atom. The van der Waals surface area contributed by atoms with Gasteiger partial charge in [0, 0.05) is 12.1 Å². The number of hydrogen-bond acceptors (Lipinski definition) is 5. The SMILES string of the molecule is Cc1nc2cc(F)cc(C(=O)Nc3nncn3C3CC3)c2nc1C. The molecule has 7 nitrogen and oxygen atoms in total. The van der Waals surface area contributed by atoms with Gasteiger partial charge in [-0.2, -0.15) is 0 Å². The molecule has 0 unspecified atom stereocenters. The van der Waals surface area contributed by atoms with Gasteiger partial charge in [0.15, 0.2) is 0 Å². The summed E-state index contributed by atoms with van der Waals surface area (Å²) in [5, 5.41) is 10.5. The monoisotopic (exact) mass is 326 g/mol. The van der Waals surface area contributed by atoms with E-state index in [2.05, 4.69) is 25.5 Å². The Morgan fingerprint density at radius 3 is 2.75 bits per heavy atom. The molecule has 1 N–H and O–H groups in total. The lowest BCUT2D eigenvalue weighted by Crippen LogP contribution is -2.17. The minimum Gasteiger partial charge on any atom is -0.297 e. The van der Waals surface area contributed by atoms with Gasteiger partial charge < -0.3 is 0 Å². The number of hydrogen-bond donors (Lipinski definition) is 1. The van der Waals surface area contributed by atoms with E-state index in [1.807, 2.05) is 4.57 Å². The van der Waals surface area contributed by atoms with Crippen LogP contribution in [0.2, 0.25) is 0 Å². The number of carbonyl (C=O) groups excluding carboxylic acids is 1. The molecule has 2 heterocycles. The lowest BCUT2D eigenvalue weighted by Gasteiger charge is -2.10. The fraction of sp³-hybridized carbons (Fsp3) is 0.312. The van der Waals surface area contributed by atoms with Crippen LogP contribution in [0.4, 0.5) is 10.3 Å². The average Bonchev–Trinajstić information content (AvgIpc) is 3.28. The molecule has 8 heteroatoms. The van der Waals surface area contributed by atoms with Crippen molar-refractivity contribution in [2.45, 2.75) is 32.7 Å². The second-order valence-corrected chi connectivity index (χ2v) is 5.96. The van der Waals surface area contributed by atoms with Crippen molar-refractivity contribution >= 4 is 22.9 Å². The molecule has 0 aliphatic heterocycles. The van der Waals surface area contributed by atoms with E-state index >= 15 is 0 Å². The molecule has 1 aliphatic rings. The maximum Gasteiger partial charge on any atom is 0.260 e. The summed E-state index contributed by atoms with van der Waals surface area (Å²) >= 11 is 0. The molecule has 0 radical (unpaired) electrons. The Bertz CT molecular complexity index is 963. The van der Waals surface area contributed by atoms with E-state index in [1.165, 1.54) is 12.1 Å². The predicted octanol–water partition coefficient (Wildman–Crippen LogP) is 2.56. The molecule has 1 aromatic carbocycles. The lowest BCUT2D eigenvalue weighted by molar-refractivity contribution is 0.102. The summed E-state index contributed by atoms with van der Waals surface area (Å²) in [6.07, 6.45) is 3.66. The summed E-state index contributed by atoms with van der Waals surface area (Å²) in [5.74, 6) is -0.655. The van der Waals surface area contributed by atoms with E-state index in [0.717, 1.165) is 12.8 Å². The van der Waals surface area contributed by atoms with E-state index in [-0.39, 0.29) is 5.56 Å². The Kier molecular flexibility index (Phi) is 3.26. The number of nitrogens with zero attached hydrogens (tertiary/aromatic N) is 5. The Labute approximate surface area is 136 Å². The third-order valence-corrected chi connectivity index (χ3v) is 4.13. The average molecular weight is 326 g/mol. The van der Waals surface area contributed by atoms with E-state index < -0.39 is 11.7 Å². The minimum atomic E-state index is -0.533. The second kappa shape index (κ2) is 5.33. The van der Waals surface area contributed by atoms with E-state index in [0.29, 0.717) is 34.4 Å². The number of aryl methyl sites for hydroxylation is 2. The van der Waals surface area contributed by atoms with E-state index in [9.17, 15) is 9.18 Å². The standard InChI is InChI=1S/C16H15FN6O/c1-8-9(2)20-14-12(5-10(17)6-13(14)19-8)15(24)21-16-22-18-7-23(16)11-3-4-11/h5-7,11H,3-4H2,1-2H3,(H,21,22,24). The molecule has 1 aliphatic carbocycles. The normalized spacial score (nSPS) is 14.1. The van der Waals surface area contributed by atoms with Gasteiger partial charge in [0.2, 0.25) is 5.95 Å². The van der Waals surface area contributed by atoms with Gasteiger partial charge in [-0.3, -0.25) is 14.7 Å². The van der Waals surface area contributed by atoms with Crippen molar-refractivity contribution in [3.63, 3.8) is 0 Å². The van der Waals surface area contributed by atoms with Crippen LogP contribution in [0.15, 0.2) is 18.5 Å². The van der Waals surface area contributed by atoms with Gasteiger partial charge in [-0.05, 0) is 32.8 Å². The van der Waals surface area contributed by atoms with Crippen molar-refractivity contribution < 1.29 is 9.18 Å². The van der Waals surface area contributed by atoms with Crippen LogP contribution in [0.3, 0.4) is 0 Å². The van der Waals surface area contributed by atoms with Crippen LogP contribution in [0.1, 0.15) is 40.6 Å². The Balaban J connectivity index is 1.76. The molecule has 3 aromatic rings. The number of nitrogens with one attached hydrogen (secondary N) is 1. The summed E-state index contributed by atoms with van der Waals surface area (Å²) in [6, 6.07) is 2.77. The van der Waals surface area contributed by atoms with Gasteiger partial charge in [0.05, 0.1) is 22.5 Å². The number of fused-ring (bicyclic) bond motifs is 1.